The third-order valence-corrected chi connectivity index (χ3v) is 2.77. The van der Waals surface area contributed by atoms with Crippen molar-refractivity contribution in [1.29, 1.82) is 0 Å². The number of aromatic nitrogens is 2. The number of aryl methyl sites for hydroxylation is 1. The zero-order chi connectivity index (χ0) is 8.39. The molecule has 0 aliphatic carbocycles. The SMILES string of the molecule is Cc1ccc(-c2c[se]nn2)cc1. The Bertz CT molecular complexity index is 351. The topological polar surface area (TPSA) is 25.8 Å². The fraction of sp³-hybridized carbons (Fsp3) is 0.111. The van der Waals surface area contributed by atoms with E-state index in [9.17, 15) is 0 Å². The molecule has 2 aromatic rings. The molecule has 2 nitrogen and oxygen atoms in total. The first-order valence-electron chi connectivity index (χ1n) is 3.70. The Morgan fingerprint density at radius 2 is 1.92 bits per heavy atom. The molecule has 0 radical (unpaired) electrons. The summed E-state index contributed by atoms with van der Waals surface area (Å²) in [5.74, 6) is 0. The van der Waals surface area contributed by atoms with Gasteiger partial charge in [0.05, 0.1) is 0 Å². The number of rotatable bonds is 1. The van der Waals surface area contributed by atoms with Crippen molar-refractivity contribution < 1.29 is 0 Å². The number of nitrogens with zero attached hydrogens (tertiary/aromatic N) is 2. The van der Waals surface area contributed by atoms with Crippen molar-refractivity contribution in [2.45, 2.75) is 6.92 Å². The van der Waals surface area contributed by atoms with Gasteiger partial charge in [-0.25, -0.2) is 0 Å². The van der Waals surface area contributed by atoms with E-state index in [1.165, 1.54) is 11.1 Å². The summed E-state index contributed by atoms with van der Waals surface area (Å²) in [6.45, 7) is 2.08. The zero-order valence-electron chi connectivity index (χ0n) is 6.69. The van der Waals surface area contributed by atoms with Crippen LogP contribution >= 0.6 is 0 Å². The Labute approximate surface area is 77.2 Å². The molecule has 0 N–H and O–H groups in total. The fourth-order valence-electron chi connectivity index (χ4n) is 1.01. The van der Waals surface area contributed by atoms with Crippen LogP contribution in [0.25, 0.3) is 11.3 Å². The average molecular weight is 223 g/mol. The molecule has 0 saturated carbocycles. The van der Waals surface area contributed by atoms with Gasteiger partial charge in [-0.2, -0.15) is 0 Å². The van der Waals surface area contributed by atoms with Gasteiger partial charge >= 0.3 is 76.9 Å². The van der Waals surface area contributed by atoms with Gasteiger partial charge in [-0.3, -0.25) is 0 Å². The summed E-state index contributed by atoms with van der Waals surface area (Å²) in [6.07, 6.45) is 0. The first-order chi connectivity index (χ1) is 5.86. The van der Waals surface area contributed by atoms with Crippen LogP contribution < -0.4 is 0 Å². The fourth-order valence-corrected chi connectivity index (χ4v) is 1.99. The standard InChI is InChI=1S/C9H8N2Se/c1-7-2-4-8(5-3-7)9-6-12-11-10-9/h2-6H,1H3. The molecular weight excluding hydrogens is 215 g/mol. The van der Waals surface area contributed by atoms with Gasteiger partial charge in [0.25, 0.3) is 0 Å². The van der Waals surface area contributed by atoms with E-state index in [4.69, 9.17) is 0 Å². The van der Waals surface area contributed by atoms with Gasteiger partial charge in [0.15, 0.2) is 0 Å². The van der Waals surface area contributed by atoms with Crippen LogP contribution in [0.3, 0.4) is 0 Å². The van der Waals surface area contributed by atoms with Crippen LogP contribution in [0, 0.1) is 6.92 Å². The van der Waals surface area contributed by atoms with Gasteiger partial charge in [0, 0.05) is 0 Å². The first kappa shape index (κ1) is 7.71. The predicted octanol–water partition coefficient (Wildman–Crippen LogP) is 1.51. The Hall–Kier alpha value is -0.921. The molecule has 60 valence electrons. The van der Waals surface area contributed by atoms with Crippen molar-refractivity contribution in [2.75, 3.05) is 0 Å². The molecule has 0 amide bonds. The summed E-state index contributed by atoms with van der Waals surface area (Å²) in [6, 6.07) is 8.36. The van der Waals surface area contributed by atoms with Crippen LogP contribution in [-0.4, -0.2) is 23.9 Å². The quantitative estimate of drug-likeness (QED) is 0.685. The Balaban J connectivity index is 2.43. The van der Waals surface area contributed by atoms with Crippen molar-refractivity contribution >= 4 is 14.7 Å². The maximum absolute atomic E-state index is 4.05. The van der Waals surface area contributed by atoms with Crippen LogP contribution in [0.5, 0.6) is 0 Å². The summed E-state index contributed by atoms with van der Waals surface area (Å²) in [5.41, 5.74) is 3.47. The molecule has 3 heteroatoms. The Morgan fingerprint density at radius 1 is 1.17 bits per heavy atom. The van der Waals surface area contributed by atoms with Crippen LogP contribution in [0.4, 0.5) is 0 Å². The molecule has 0 spiro atoms. The normalized spacial score (nSPS) is 10.1. The van der Waals surface area contributed by atoms with Crippen LogP contribution in [0.2, 0.25) is 0 Å². The first-order valence-corrected chi connectivity index (χ1v) is 5.46. The van der Waals surface area contributed by atoms with E-state index >= 15 is 0 Å². The van der Waals surface area contributed by atoms with Gasteiger partial charge in [-0.15, -0.1) is 0 Å². The Morgan fingerprint density at radius 3 is 2.50 bits per heavy atom. The molecule has 2 rings (SSSR count). The summed E-state index contributed by atoms with van der Waals surface area (Å²) < 4.78 is 3.96. The second kappa shape index (κ2) is 3.21. The Kier molecular flexibility index (Phi) is 2.07. The summed E-state index contributed by atoms with van der Waals surface area (Å²) in [4.78, 5) is 2.09. The minimum absolute atomic E-state index is 0.236. The molecule has 0 saturated heterocycles. The molecule has 1 heterocycles. The molecule has 1 aromatic heterocycles. The summed E-state index contributed by atoms with van der Waals surface area (Å²) in [5, 5.41) is 4.05. The monoisotopic (exact) mass is 224 g/mol. The third kappa shape index (κ3) is 1.47. The van der Waals surface area contributed by atoms with Gasteiger partial charge < -0.3 is 0 Å². The van der Waals surface area contributed by atoms with Crippen molar-refractivity contribution in [1.82, 2.24) is 9.19 Å². The maximum atomic E-state index is 4.05. The molecule has 12 heavy (non-hydrogen) atoms. The molecule has 0 aliphatic rings. The molecule has 0 unspecified atom stereocenters. The molecule has 0 bridgehead atoms. The number of hydrogen-bond acceptors (Lipinski definition) is 2. The van der Waals surface area contributed by atoms with E-state index in [0.29, 0.717) is 0 Å². The molecule has 0 atom stereocenters. The van der Waals surface area contributed by atoms with Crippen LogP contribution in [0.15, 0.2) is 29.2 Å². The van der Waals surface area contributed by atoms with Gasteiger partial charge in [0.2, 0.25) is 0 Å². The predicted molar refractivity (Wildman–Crippen MR) is 49.1 cm³/mol. The van der Waals surface area contributed by atoms with E-state index in [0.717, 1.165) is 5.69 Å². The van der Waals surface area contributed by atoms with Gasteiger partial charge in [-0.1, -0.05) is 0 Å². The summed E-state index contributed by atoms with van der Waals surface area (Å²) >= 11 is 0.236. The zero-order valence-corrected chi connectivity index (χ0v) is 8.40. The average Bonchev–Trinajstić information content (AvgIpc) is 2.58. The van der Waals surface area contributed by atoms with Crippen LogP contribution in [-0.2, 0) is 0 Å². The van der Waals surface area contributed by atoms with E-state index < -0.39 is 0 Å². The van der Waals surface area contributed by atoms with Crippen molar-refractivity contribution in [2.24, 2.45) is 0 Å². The molecule has 0 aliphatic heterocycles. The van der Waals surface area contributed by atoms with E-state index in [1.54, 1.807) is 0 Å². The summed E-state index contributed by atoms with van der Waals surface area (Å²) in [7, 11) is 0. The van der Waals surface area contributed by atoms with E-state index in [-0.39, 0.29) is 14.7 Å². The van der Waals surface area contributed by atoms with Gasteiger partial charge in [0.1, 0.15) is 0 Å². The number of hydrogen-bond donors (Lipinski definition) is 0. The molecular formula is C9H8N2Se. The molecule has 0 fully saturated rings. The van der Waals surface area contributed by atoms with E-state index in [2.05, 4.69) is 45.3 Å². The van der Waals surface area contributed by atoms with E-state index in [1.807, 2.05) is 0 Å². The number of benzene rings is 1. The minimum atomic E-state index is 0.236. The van der Waals surface area contributed by atoms with Gasteiger partial charge in [-0.05, 0) is 0 Å². The van der Waals surface area contributed by atoms with Crippen molar-refractivity contribution in [3.63, 3.8) is 0 Å². The van der Waals surface area contributed by atoms with Crippen LogP contribution in [0.1, 0.15) is 5.56 Å². The van der Waals surface area contributed by atoms with Crippen molar-refractivity contribution in [3.05, 3.63) is 34.8 Å². The van der Waals surface area contributed by atoms with Crippen molar-refractivity contribution in [3.8, 4) is 11.3 Å². The molecule has 1 aromatic carbocycles. The second-order valence-electron chi connectivity index (χ2n) is 2.66. The third-order valence-electron chi connectivity index (χ3n) is 1.71. The second-order valence-corrected chi connectivity index (χ2v) is 3.94.